The Balaban J connectivity index is 1.61. The fourth-order valence-corrected chi connectivity index (χ4v) is 4.84. The molecule has 3 heterocycles. The molecule has 0 spiro atoms. The molecule has 186 valence electrons. The van der Waals surface area contributed by atoms with E-state index in [2.05, 4.69) is 15.6 Å². The van der Waals surface area contributed by atoms with E-state index in [1.54, 1.807) is 42.2 Å². The Morgan fingerprint density at radius 2 is 1.81 bits per heavy atom. The molecule has 36 heavy (non-hydrogen) atoms. The molecule has 9 heteroatoms. The number of hydrogen-bond donors (Lipinski definition) is 2. The fraction of sp³-hybridized carbons (Fsp3) is 0.296. The van der Waals surface area contributed by atoms with E-state index >= 15 is 0 Å². The van der Waals surface area contributed by atoms with Gasteiger partial charge in [-0.05, 0) is 74.3 Å². The molecule has 1 unspecified atom stereocenters. The molecule has 1 atom stereocenters. The number of anilines is 1. The molecule has 1 saturated heterocycles. The lowest BCUT2D eigenvalue weighted by molar-refractivity contribution is 0.313. The number of nitrogens with zero attached hydrogens (tertiary/aromatic N) is 4. The average molecular weight is 491 g/mol. The maximum atomic E-state index is 13.7. The lowest BCUT2D eigenvalue weighted by Crippen LogP contribution is -2.33. The largest absolute Gasteiger partial charge is 0.348 e. The van der Waals surface area contributed by atoms with E-state index in [-0.39, 0.29) is 29.3 Å². The first-order valence-electron chi connectivity index (χ1n) is 12.1. The summed E-state index contributed by atoms with van der Waals surface area (Å²) in [6, 6.07) is 14.0. The molecule has 2 aromatic carbocycles. The van der Waals surface area contributed by atoms with Crippen LogP contribution in [0.25, 0.3) is 22.5 Å². The van der Waals surface area contributed by atoms with Gasteiger partial charge in [0.15, 0.2) is 0 Å². The number of benzene rings is 2. The molecular weight excluding hydrogens is 462 g/mol. The van der Waals surface area contributed by atoms with Crippen molar-refractivity contribution < 1.29 is 8.78 Å². The minimum atomic E-state index is -0.366. The lowest BCUT2D eigenvalue weighted by Gasteiger charge is -2.27. The van der Waals surface area contributed by atoms with Gasteiger partial charge in [0, 0.05) is 13.2 Å². The monoisotopic (exact) mass is 490 g/mol. The summed E-state index contributed by atoms with van der Waals surface area (Å²) >= 11 is 0. The van der Waals surface area contributed by atoms with Crippen molar-refractivity contribution >= 4 is 5.95 Å². The highest BCUT2D eigenvalue weighted by Gasteiger charge is 2.28. The van der Waals surface area contributed by atoms with Crippen molar-refractivity contribution in [2.24, 2.45) is 7.05 Å². The molecule has 1 aliphatic heterocycles. The summed E-state index contributed by atoms with van der Waals surface area (Å²) in [5, 5.41) is 6.61. The molecule has 4 aromatic rings. The predicted molar refractivity (Wildman–Crippen MR) is 136 cm³/mol. The third kappa shape index (κ3) is 4.66. The molecule has 5 rings (SSSR count). The summed E-state index contributed by atoms with van der Waals surface area (Å²) in [7, 11) is 1.76. The maximum Gasteiger partial charge on any atom is 0.274 e. The van der Waals surface area contributed by atoms with Crippen LogP contribution in [0.5, 0.6) is 0 Å². The lowest BCUT2D eigenvalue weighted by atomic mass is 10.0. The standard InChI is InChI=1S/C27H28F2N6O/c1-17(19-4-3-5-21(29)16-19)32-27-31-15-12-23(33-27)25-24(18-6-8-20(28)9-7-18)26(36)34(2)35(25)22-10-13-30-14-11-22/h3-9,12,15-17,22,30H,10-11,13-14H2,1-2H3,(H,31,32,33). The Kier molecular flexibility index (Phi) is 6.65. The molecule has 0 saturated carbocycles. The highest BCUT2D eigenvalue weighted by molar-refractivity contribution is 5.79. The third-order valence-corrected chi connectivity index (χ3v) is 6.68. The number of halogens is 2. The zero-order valence-electron chi connectivity index (χ0n) is 20.2. The minimum Gasteiger partial charge on any atom is -0.348 e. The van der Waals surface area contributed by atoms with E-state index in [0.717, 1.165) is 31.5 Å². The van der Waals surface area contributed by atoms with E-state index in [4.69, 9.17) is 4.98 Å². The van der Waals surface area contributed by atoms with Crippen LogP contribution in [0, 0.1) is 11.6 Å². The van der Waals surface area contributed by atoms with Crippen molar-refractivity contribution in [3.63, 3.8) is 0 Å². The Morgan fingerprint density at radius 3 is 2.53 bits per heavy atom. The van der Waals surface area contributed by atoms with E-state index in [1.807, 2.05) is 17.7 Å². The van der Waals surface area contributed by atoms with E-state index in [0.29, 0.717) is 28.5 Å². The molecule has 1 aliphatic rings. The second-order valence-corrected chi connectivity index (χ2v) is 9.07. The van der Waals surface area contributed by atoms with Gasteiger partial charge in [0.2, 0.25) is 5.95 Å². The summed E-state index contributed by atoms with van der Waals surface area (Å²) < 4.78 is 31.1. The number of piperidine rings is 1. The molecule has 0 amide bonds. The number of rotatable bonds is 6. The molecule has 7 nitrogen and oxygen atoms in total. The van der Waals surface area contributed by atoms with Crippen LogP contribution in [0.4, 0.5) is 14.7 Å². The van der Waals surface area contributed by atoms with Crippen molar-refractivity contribution in [2.45, 2.75) is 31.8 Å². The van der Waals surface area contributed by atoms with Gasteiger partial charge in [-0.15, -0.1) is 0 Å². The summed E-state index contributed by atoms with van der Waals surface area (Å²) in [6.45, 7) is 3.61. The van der Waals surface area contributed by atoms with Crippen molar-refractivity contribution in [1.29, 1.82) is 0 Å². The van der Waals surface area contributed by atoms with Gasteiger partial charge in [-0.3, -0.25) is 14.2 Å². The van der Waals surface area contributed by atoms with Crippen LogP contribution in [-0.2, 0) is 7.05 Å². The molecule has 1 fully saturated rings. The molecule has 0 radical (unpaired) electrons. The van der Waals surface area contributed by atoms with Crippen LogP contribution in [0.2, 0.25) is 0 Å². The minimum absolute atomic E-state index is 0.103. The van der Waals surface area contributed by atoms with Gasteiger partial charge in [-0.1, -0.05) is 24.3 Å². The highest BCUT2D eigenvalue weighted by atomic mass is 19.1. The van der Waals surface area contributed by atoms with Gasteiger partial charge >= 0.3 is 0 Å². The van der Waals surface area contributed by atoms with E-state index in [9.17, 15) is 13.6 Å². The van der Waals surface area contributed by atoms with Crippen molar-refractivity contribution in [3.8, 4) is 22.5 Å². The van der Waals surface area contributed by atoms with Gasteiger partial charge in [0.05, 0.1) is 29.0 Å². The molecule has 0 bridgehead atoms. The first kappa shape index (κ1) is 23.9. The number of hydrogen-bond acceptors (Lipinski definition) is 5. The Hall–Kier alpha value is -3.85. The first-order valence-corrected chi connectivity index (χ1v) is 12.1. The van der Waals surface area contributed by atoms with Crippen LogP contribution >= 0.6 is 0 Å². The van der Waals surface area contributed by atoms with Crippen molar-refractivity contribution in [2.75, 3.05) is 18.4 Å². The zero-order valence-corrected chi connectivity index (χ0v) is 20.2. The van der Waals surface area contributed by atoms with Gasteiger partial charge in [0.25, 0.3) is 5.56 Å². The molecule has 2 aromatic heterocycles. The van der Waals surface area contributed by atoms with Gasteiger partial charge < -0.3 is 10.6 Å². The molecule has 2 N–H and O–H groups in total. The third-order valence-electron chi connectivity index (χ3n) is 6.68. The Labute approximate surface area is 207 Å². The number of aromatic nitrogens is 4. The van der Waals surface area contributed by atoms with E-state index < -0.39 is 0 Å². The SMILES string of the molecule is CC(Nc1nccc(-c2c(-c3ccc(F)cc3)c(=O)n(C)n2C2CCNCC2)n1)c1cccc(F)c1. The quantitative estimate of drug-likeness (QED) is 0.410. The van der Waals surface area contributed by atoms with Gasteiger partial charge in [-0.2, -0.15) is 0 Å². The van der Waals surface area contributed by atoms with Crippen LogP contribution < -0.4 is 16.2 Å². The second kappa shape index (κ2) is 10.0. The second-order valence-electron chi connectivity index (χ2n) is 9.07. The average Bonchev–Trinajstić information content (AvgIpc) is 3.15. The van der Waals surface area contributed by atoms with Crippen LogP contribution in [0.3, 0.4) is 0 Å². The Morgan fingerprint density at radius 1 is 1.06 bits per heavy atom. The van der Waals surface area contributed by atoms with Crippen molar-refractivity contribution in [3.05, 3.63) is 88.3 Å². The van der Waals surface area contributed by atoms with Gasteiger partial charge in [0.1, 0.15) is 11.6 Å². The smallest absolute Gasteiger partial charge is 0.274 e. The highest BCUT2D eigenvalue weighted by Crippen LogP contribution is 2.34. The maximum absolute atomic E-state index is 13.7. The predicted octanol–water partition coefficient (Wildman–Crippen LogP) is 4.69. The van der Waals surface area contributed by atoms with Crippen LogP contribution in [-0.4, -0.2) is 32.4 Å². The number of nitrogens with one attached hydrogen (secondary N) is 2. The summed E-state index contributed by atoms with van der Waals surface area (Å²) in [5.41, 5.74) is 2.94. The summed E-state index contributed by atoms with van der Waals surface area (Å²) in [4.78, 5) is 22.7. The molecule has 0 aliphatic carbocycles. The topological polar surface area (TPSA) is 76.8 Å². The van der Waals surface area contributed by atoms with Gasteiger partial charge in [-0.25, -0.2) is 18.7 Å². The zero-order chi connectivity index (χ0) is 25.2. The normalized spacial score (nSPS) is 15.1. The fourth-order valence-electron chi connectivity index (χ4n) is 4.84. The Bertz CT molecular complexity index is 1420. The van der Waals surface area contributed by atoms with E-state index in [1.165, 1.54) is 24.3 Å². The van der Waals surface area contributed by atoms with Crippen LogP contribution in [0.1, 0.15) is 37.4 Å². The van der Waals surface area contributed by atoms with Crippen LogP contribution in [0.15, 0.2) is 65.6 Å². The summed E-state index contributed by atoms with van der Waals surface area (Å²) in [5.74, 6) is -0.313. The van der Waals surface area contributed by atoms with Crippen molar-refractivity contribution in [1.82, 2.24) is 24.6 Å². The first-order chi connectivity index (χ1) is 17.4. The molecular formula is C27H28F2N6O. The summed E-state index contributed by atoms with van der Waals surface area (Å²) in [6.07, 6.45) is 3.37.